The van der Waals surface area contributed by atoms with E-state index in [1.54, 1.807) is 22.7 Å². The topological polar surface area (TPSA) is 75.4 Å². The van der Waals surface area contributed by atoms with Gasteiger partial charge < -0.3 is 16.0 Å². The van der Waals surface area contributed by atoms with Crippen LogP contribution in [-0.2, 0) is 16.0 Å². The smallest absolute Gasteiger partial charge is 0.249 e. The molecule has 2 atom stereocenters. The first-order valence-corrected chi connectivity index (χ1v) is 11.7. The number of benzene rings is 1. The molecule has 3 N–H and O–H groups in total. The van der Waals surface area contributed by atoms with E-state index in [4.69, 9.17) is 17.3 Å². The van der Waals surface area contributed by atoms with Crippen LogP contribution in [0.2, 0.25) is 0 Å². The van der Waals surface area contributed by atoms with Gasteiger partial charge >= 0.3 is 0 Å². The van der Waals surface area contributed by atoms with E-state index in [0.29, 0.717) is 18.0 Å². The van der Waals surface area contributed by atoms with Crippen molar-refractivity contribution < 1.29 is 9.59 Å². The Balaban J connectivity index is 2.10. The van der Waals surface area contributed by atoms with Crippen molar-refractivity contribution in [2.24, 2.45) is 5.73 Å². The third-order valence-corrected chi connectivity index (χ3v) is 6.03. The number of hydrogen-bond acceptors (Lipinski definition) is 5. The minimum absolute atomic E-state index is 0.0761. The lowest BCUT2D eigenvalue weighted by Crippen LogP contribution is -2.53. The first-order chi connectivity index (χ1) is 13.3. The van der Waals surface area contributed by atoms with Gasteiger partial charge in [0.05, 0.1) is 9.74 Å². The molecule has 1 heterocycles. The average molecular weight is 440 g/mol. The van der Waals surface area contributed by atoms with E-state index in [0.717, 1.165) is 22.6 Å². The molecule has 0 saturated carbocycles. The molecule has 5 nitrogen and oxygen atoms in total. The quantitative estimate of drug-likeness (QED) is 0.368. The molecule has 0 aliphatic carbocycles. The normalized spacial score (nSPS) is 18.6. The van der Waals surface area contributed by atoms with Gasteiger partial charge in [-0.3, -0.25) is 9.59 Å². The van der Waals surface area contributed by atoms with Gasteiger partial charge in [-0.2, -0.15) is 11.8 Å². The van der Waals surface area contributed by atoms with Gasteiger partial charge in [-0.1, -0.05) is 36.0 Å². The van der Waals surface area contributed by atoms with Gasteiger partial charge in [0.2, 0.25) is 11.8 Å². The molecule has 1 aromatic rings. The summed E-state index contributed by atoms with van der Waals surface area (Å²) in [6.07, 6.45) is 5.54. The minimum Gasteiger partial charge on any atom is -0.393 e. The summed E-state index contributed by atoms with van der Waals surface area (Å²) in [4.78, 5) is 27.1. The number of fused-ring (bicyclic) bond motifs is 1. The van der Waals surface area contributed by atoms with E-state index in [2.05, 4.69) is 5.32 Å². The Kier molecular flexibility index (Phi) is 8.79. The summed E-state index contributed by atoms with van der Waals surface area (Å²) in [5, 5.41) is 3.40. The zero-order chi connectivity index (χ0) is 20.7. The molecule has 2 unspecified atom stereocenters. The van der Waals surface area contributed by atoms with Gasteiger partial charge in [-0.15, -0.1) is 11.6 Å². The molecular weight excluding hydrogens is 414 g/mol. The highest BCUT2D eigenvalue weighted by molar-refractivity contribution is 8.04. The van der Waals surface area contributed by atoms with Crippen LogP contribution in [-0.4, -0.2) is 41.1 Å². The lowest BCUT2D eigenvalue weighted by atomic mass is 9.97. The molecule has 1 aromatic carbocycles. The van der Waals surface area contributed by atoms with Gasteiger partial charge in [0.15, 0.2) is 0 Å². The van der Waals surface area contributed by atoms with Crippen molar-refractivity contribution in [2.45, 2.75) is 31.0 Å². The Morgan fingerprint density at radius 1 is 1.43 bits per heavy atom. The van der Waals surface area contributed by atoms with Crippen LogP contribution in [0, 0.1) is 0 Å². The predicted octanol–water partition coefficient (Wildman–Crippen LogP) is 3.49. The van der Waals surface area contributed by atoms with E-state index < -0.39 is 6.04 Å². The van der Waals surface area contributed by atoms with Crippen LogP contribution < -0.4 is 16.0 Å². The van der Waals surface area contributed by atoms with E-state index in [1.165, 1.54) is 17.8 Å². The summed E-state index contributed by atoms with van der Waals surface area (Å²) in [6, 6.07) is 7.26. The van der Waals surface area contributed by atoms with Crippen molar-refractivity contribution in [3.05, 3.63) is 52.6 Å². The van der Waals surface area contributed by atoms with E-state index >= 15 is 0 Å². The zero-order valence-electron chi connectivity index (χ0n) is 16.3. The van der Waals surface area contributed by atoms with Crippen molar-refractivity contribution in [3.63, 3.8) is 0 Å². The average Bonchev–Trinajstić information content (AvgIpc) is 2.65. The predicted molar refractivity (Wildman–Crippen MR) is 122 cm³/mol. The second kappa shape index (κ2) is 10.8. The molecule has 2 rings (SSSR count). The number of nitrogens with zero attached hydrogens (tertiary/aromatic N) is 1. The lowest BCUT2D eigenvalue weighted by molar-refractivity contribution is -0.125. The molecule has 2 amide bonds. The Hall–Kier alpha value is -1.57. The number of hydrogen-bond donors (Lipinski definition) is 2. The van der Waals surface area contributed by atoms with Crippen LogP contribution >= 0.6 is 35.1 Å². The number of rotatable bonds is 8. The number of alkyl halides is 1. The minimum atomic E-state index is -0.576. The Bertz CT molecular complexity index is 780. The van der Waals surface area contributed by atoms with Crippen molar-refractivity contribution in [2.75, 3.05) is 23.5 Å². The maximum Gasteiger partial charge on any atom is 0.249 e. The number of nitrogens with one attached hydrogen (secondary N) is 1. The summed E-state index contributed by atoms with van der Waals surface area (Å²) in [5.41, 5.74) is 8.69. The highest BCUT2D eigenvalue weighted by Crippen LogP contribution is 2.28. The summed E-state index contributed by atoms with van der Waals surface area (Å²) >= 11 is 8.93. The second-order valence-corrected chi connectivity index (χ2v) is 9.70. The number of allylic oxidation sites excluding steroid dienone is 2. The molecule has 1 aliphatic rings. The van der Waals surface area contributed by atoms with Gasteiger partial charge in [0.1, 0.15) is 6.04 Å². The SMILES string of the molecule is CSCCN1C(=O)C(NC(=O)/C=C/C(C)=C(\N)SC(C)Cl)Cc2ccccc21. The Morgan fingerprint density at radius 2 is 2.14 bits per heavy atom. The fourth-order valence-electron chi connectivity index (χ4n) is 2.86. The maximum atomic E-state index is 12.9. The number of thioether (sulfide) groups is 2. The van der Waals surface area contributed by atoms with Gasteiger partial charge in [-0.05, 0) is 37.3 Å². The Morgan fingerprint density at radius 3 is 2.82 bits per heavy atom. The van der Waals surface area contributed by atoms with Crippen molar-refractivity contribution in [1.82, 2.24) is 5.32 Å². The van der Waals surface area contributed by atoms with Gasteiger partial charge in [0, 0.05) is 30.5 Å². The fraction of sp³-hybridized carbons (Fsp3) is 0.400. The maximum absolute atomic E-state index is 12.9. The van der Waals surface area contributed by atoms with Gasteiger partial charge in [0.25, 0.3) is 0 Å². The summed E-state index contributed by atoms with van der Waals surface area (Å²) in [6.45, 7) is 4.26. The monoisotopic (exact) mass is 439 g/mol. The summed E-state index contributed by atoms with van der Waals surface area (Å²) in [7, 11) is 0. The van der Waals surface area contributed by atoms with Crippen molar-refractivity contribution in [3.8, 4) is 0 Å². The molecule has 152 valence electrons. The van der Waals surface area contributed by atoms with Crippen LogP contribution in [0.4, 0.5) is 5.69 Å². The number of nitrogens with two attached hydrogens (primary N) is 1. The Labute approximate surface area is 180 Å². The highest BCUT2D eigenvalue weighted by atomic mass is 35.5. The van der Waals surface area contributed by atoms with Crippen LogP contribution in [0.3, 0.4) is 0 Å². The number of carbonyl (C=O) groups is 2. The molecule has 28 heavy (non-hydrogen) atoms. The lowest BCUT2D eigenvalue weighted by Gasteiger charge is -2.34. The zero-order valence-corrected chi connectivity index (χ0v) is 18.7. The first-order valence-electron chi connectivity index (χ1n) is 8.97. The molecule has 0 bridgehead atoms. The first kappa shape index (κ1) is 22.7. The molecule has 1 aliphatic heterocycles. The third kappa shape index (κ3) is 6.22. The van der Waals surface area contributed by atoms with Gasteiger partial charge in [-0.25, -0.2) is 0 Å². The van der Waals surface area contributed by atoms with Crippen molar-refractivity contribution in [1.29, 1.82) is 0 Å². The number of carbonyl (C=O) groups excluding carboxylic acids is 2. The molecule has 0 radical (unpaired) electrons. The summed E-state index contributed by atoms with van der Waals surface area (Å²) in [5.74, 6) is 0.437. The summed E-state index contributed by atoms with van der Waals surface area (Å²) < 4.78 is -0.149. The van der Waals surface area contributed by atoms with Crippen LogP contribution in [0.15, 0.2) is 47.0 Å². The number of anilines is 1. The molecule has 0 aromatic heterocycles. The largest absolute Gasteiger partial charge is 0.393 e. The molecular formula is C20H26ClN3O2S2. The number of amides is 2. The highest BCUT2D eigenvalue weighted by Gasteiger charge is 2.32. The standard InChI is InChI=1S/C20H26ClN3O2S2/c1-13(19(22)28-14(2)21)8-9-18(25)23-16-12-15-6-4-5-7-17(15)24(20(16)26)10-11-27-3/h4-9,14,16H,10-12,22H2,1-3H3,(H,23,25)/b9-8+,19-13+. The van der Waals surface area contributed by atoms with Crippen LogP contribution in [0.1, 0.15) is 19.4 Å². The molecule has 0 saturated heterocycles. The number of halogens is 1. The van der Waals surface area contributed by atoms with E-state index in [1.807, 2.05) is 44.4 Å². The van der Waals surface area contributed by atoms with E-state index in [-0.39, 0.29) is 16.5 Å². The molecule has 8 heteroatoms. The molecule has 0 spiro atoms. The fourth-order valence-corrected chi connectivity index (χ4v) is 4.11. The third-order valence-electron chi connectivity index (χ3n) is 4.27. The second-order valence-electron chi connectivity index (χ2n) is 6.42. The van der Waals surface area contributed by atoms with E-state index in [9.17, 15) is 9.59 Å². The van der Waals surface area contributed by atoms with Crippen molar-refractivity contribution >= 4 is 52.6 Å². The molecule has 0 fully saturated rings. The van der Waals surface area contributed by atoms with Crippen LogP contribution in [0.25, 0.3) is 0 Å². The number of para-hydroxylation sites is 1. The van der Waals surface area contributed by atoms with Crippen LogP contribution in [0.5, 0.6) is 0 Å².